The number of fused-ring (bicyclic) bond motifs is 1. The number of esters is 1. The minimum atomic E-state index is -5.50. The predicted octanol–water partition coefficient (Wildman–Crippen LogP) is -8.28. The first kappa shape index (κ1) is 39.3. The zero-order chi connectivity index (χ0) is 37.5. The van der Waals surface area contributed by atoms with Gasteiger partial charge in [0.2, 0.25) is 0 Å². The number of hydrogen-bond acceptors (Lipinski definition) is 23. The molecule has 16 unspecified atom stereocenters. The first-order valence-corrected chi connectivity index (χ1v) is 16.5. The molecule has 3 fully saturated rings. The maximum absolute atomic E-state index is 12.7. The van der Waals surface area contributed by atoms with Gasteiger partial charge in [-0.25, -0.2) is 19.1 Å². The van der Waals surface area contributed by atoms with Crippen molar-refractivity contribution in [2.75, 3.05) is 25.6 Å². The molecule has 2 aromatic rings. The highest BCUT2D eigenvalue weighted by Crippen LogP contribution is 2.36. The summed E-state index contributed by atoms with van der Waals surface area (Å²) >= 11 is 0. The fourth-order valence-electron chi connectivity index (χ4n) is 5.93. The van der Waals surface area contributed by atoms with E-state index >= 15 is 0 Å². The van der Waals surface area contributed by atoms with Crippen molar-refractivity contribution in [3.8, 4) is 0 Å². The van der Waals surface area contributed by atoms with Crippen LogP contribution in [0.25, 0.3) is 11.2 Å². The van der Waals surface area contributed by atoms with Crippen molar-refractivity contribution in [2.24, 2.45) is 11.5 Å². The van der Waals surface area contributed by atoms with E-state index in [1.165, 1.54) is 10.9 Å². The van der Waals surface area contributed by atoms with Crippen LogP contribution < -0.4 is 17.2 Å². The standard InChI is InChI=1S/C25H39N7O18S/c26-6(1-33)24(41)48-20-18(45-3-8-12(36)14(38)23(46-8)32-5-31-10-21(28)29-4-30-22(10)32)15(39)17(16(40)19(20)50-51(42,43)44)49-25-9(27)13(37)11(35)7(2-34)47-25/h4-9,11-20,23,25,33-40H,1-3,26-27H2,(H2,28,29,30)(H,42,43,44). The summed E-state index contributed by atoms with van der Waals surface area (Å²) in [6.45, 7) is -2.61. The van der Waals surface area contributed by atoms with Crippen LogP contribution in [-0.4, -0.2) is 191 Å². The molecule has 1 aliphatic carbocycles. The van der Waals surface area contributed by atoms with Crippen LogP contribution in [0.1, 0.15) is 6.23 Å². The van der Waals surface area contributed by atoms with E-state index in [0.717, 1.165) is 6.33 Å². The SMILES string of the molecule is Nc1ncnc2c1ncn2C1OC(COC2C(O)C(OC3OC(CO)C(O)C(O)C3N)C(O)C(OS(=O)(=O)O)C2OC(=O)C(N)CO)C(O)C1O. The van der Waals surface area contributed by atoms with E-state index in [-0.39, 0.29) is 17.0 Å². The number of hydrogen-bond donors (Lipinski definition) is 12. The normalized spacial score (nSPS) is 39.6. The van der Waals surface area contributed by atoms with Crippen LogP contribution in [-0.2, 0) is 43.1 Å². The van der Waals surface area contributed by atoms with Gasteiger partial charge in [0.25, 0.3) is 0 Å². The molecule has 4 heterocycles. The Hall–Kier alpha value is -2.87. The second-order valence-corrected chi connectivity index (χ2v) is 13.0. The number of nitrogens with zero attached hydrogens (tertiary/aromatic N) is 4. The quantitative estimate of drug-likeness (QED) is 0.0706. The zero-order valence-corrected chi connectivity index (χ0v) is 27.0. The van der Waals surface area contributed by atoms with Gasteiger partial charge in [-0.05, 0) is 0 Å². The summed E-state index contributed by atoms with van der Waals surface area (Å²) < 4.78 is 67.0. The summed E-state index contributed by atoms with van der Waals surface area (Å²) in [5.41, 5.74) is 17.5. The molecule has 16 atom stereocenters. The summed E-state index contributed by atoms with van der Waals surface area (Å²) in [6.07, 6.45) is -23.8. The lowest BCUT2D eigenvalue weighted by atomic mass is 9.84. The second-order valence-electron chi connectivity index (χ2n) is 12.0. The Kier molecular flexibility index (Phi) is 12.0. The molecule has 0 spiro atoms. The monoisotopic (exact) mass is 757 g/mol. The number of aliphatic hydroxyl groups is 8. The maximum Gasteiger partial charge on any atom is 0.397 e. The molecule has 15 N–H and O–H groups in total. The third-order valence-electron chi connectivity index (χ3n) is 8.65. The van der Waals surface area contributed by atoms with Gasteiger partial charge < -0.3 is 81.7 Å². The Morgan fingerprint density at radius 3 is 2.22 bits per heavy atom. The van der Waals surface area contributed by atoms with Crippen molar-refractivity contribution in [1.82, 2.24) is 19.5 Å². The highest BCUT2D eigenvalue weighted by atomic mass is 32.3. The molecule has 51 heavy (non-hydrogen) atoms. The van der Waals surface area contributed by atoms with Crippen molar-refractivity contribution < 1.29 is 86.5 Å². The molecule has 25 nitrogen and oxygen atoms in total. The van der Waals surface area contributed by atoms with Crippen LogP contribution in [0.3, 0.4) is 0 Å². The highest BCUT2D eigenvalue weighted by Gasteiger charge is 2.58. The maximum atomic E-state index is 12.7. The van der Waals surface area contributed by atoms with E-state index in [1.54, 1.807) is 0 Å². The Balaban J connectivity index is 1.44. The Labute approximate surface area is 287 Å². The van der Waals surface area contributed by atoms with Gasteiger partial charge in [-0.3, -0.25) is 13.9 Å². The number of nitrogens with two attached hydrogens (primary N) is 3. The van der Waals surface area contributed by atoms with E-state index in [2.05, 4.69) is 19.1 Å². The summed E-state index contributed by atoms with van der Waals surface area (Å²) in [7, 11) is -5.50. The number of nitrogen functional groups attached to an aromatic ring is 1. The average molecular weight is 758 g/mol. The minimum Gasteiger partial charge on any atom is -0.455 e. The third kappa shape index (κ3) is 7.91. The molecule has 2 saturated heterocycles. The minimum absolute atomic E-state index is 0.0113. The molecule has 288 valence electrons. The number of imidazole rings is 1. The zero-order valence-electron chi connectivity index (χ0n) is 26.1. The van der Waals surface area contributed by atoms with Gasteiger partial charge in [-0.15, -0.1) is 0 Å². The largest absolute Gasteiger partial charge is 0.455 e. The van der Waals surface area contributed by atoms with Crippen LogP contribution in [0.2, 0.25) is 0 Å². The number of aromatic nitrogens is 4. The van der Waals surface area contributed by atoms with Gasteiger partial charge in [0, 0.05) is 0 Å². The number of carbonyl (C=O) groups excluding carboxylic acids is 1. The number of rotatable bonds is 12. The fraction of sp³-hybridized carbons (Fsp3) is 0.760. The van der Waals surface area contributed by atoms with E-state index in [0.29, 0.717) is 0 Å². The summed E-state index contributed by atoms with van der Waals surface area (Å²) in [5.74, 6) is -1.41. The van der Waals surface area contributed by atoms with Gasteiger partial charge in [-0.2, -0.15) is 8.42 Å². The molecule has 3 aliphatic rings. The number of carbonyl (C=O) groups is 1. The number of aliphatic hydroxyl groups excluding tert-OH is 8. The smallest absolute Gasteiger partial charge is 0.397 e. The lowest BCUT2D eigenvalue weighted by Gasteiger charge is -2.48. The first-order chi connectivity index (χ1) is 24.0. The molecular weight excluding hydrogens is 718 g/mol. The Bertz CT molecular complexity index is 1620. The second kappa shape index (κ2) is 15.6. The van der Waals surface area contributed by atoms with Gasteiger partial charge in [-0.1, -0.05) is 0 Å². The van der Waals surface area contributed by atoms with Crippen molar-refractivity contribution in [3.63, 3.8) is 0 Å². The molecule has 2 aliphatic heterocycles. The van der Waals surface area contributed by atoms with Crippen molar-refractivity contribution in [1.29, 1.82) is 0 Å². The molecule has 2 aromatic heterocycles. The van der Waals surface area contributed by atoms with Crippen molar-refractivity contribution in [3.05, 3.63) is 12.7 Å². The van der Waals surface area contributed by atoms with Gasteiger partial charge in [0.1, 0.15) is 85.0 Å². The van der Waals surface area contributed by atoms with Crippen LogP contribution in [0.15, 0.2) is 12.7 Å². The number of ether oxygens (including phenoxy) is 5. The van der Waals surface area contributed by atoms with Gasteiger partial charge in [0.15, 0.2) is 30.1 Å². The van der Waals surface area contributed by atoms with Crippen molar-refractivity contribution >= 4 is 33.4 Å². The molecule has 0 radical (unpaired) electrons. The van der Waals surface area contributed by atoms with Crippen LogP contribution in [0.5, 0.6) is 0 Å². The molecule has 0 amide bonds. The third-order valence-corrected chi connectivity index (χ3v) is 9.11. The lowest BCUT2D eigenvalue weighted by molar-refractivity contribution is -0.319. The molecule has 0 bridgehead atoms. The molecule has 26 heteroatoms. The van der Waals surface area contributed by atoms with Crippen molar-refractivity contribution in [2.45, 2.75) is 97.8 Å². The summed E-state index contributed by atoms with van der Waals surface area (Å²) in [4.78, 5) is 24.6. The van der Waals surface area contributed by atoms with Crippen LogP contribution in [0.4, 0.5) is 5.82 Å². The summed E-state index contributed by atoms with van der Waals surface area (Å²) in [5, 5.41) is 83.9. The van der Waals surface area contributed by atoms with Crippen LogP contribution >= 0.6 is 0 Å². The van der Waals surface area contributed by atoms with E-state index in [1.807, 2.05) is 0 Å². The highest BCUT2D eigenvalue weighted by molar-refractivity contribution is 7.80. The summed E-state index contributed by atoms with van der Waals surface area (Å²) in [6, 6.07) is -3.34. The van der Waals surface area contributed by atoms with E-state index in [9.17, 15) is 58.6 Å². The molecule has 5 rings (SSSR count). The van der Waals surface area contributed by atoms with E-state index < -0.39 is 134 Å². The fourth-order valence-corrected chi connectivity index (χ4v) is 6.43. The Morgan fingerprint density at radius 2 is 1.57 bits per heavy atom. The molecular formula is C25H39N7O18S. The number of anilines is 1. The first-order valence-electron chi connectivity index (χ1n) is 15.2. The predicted molar refractivity (Wildman–Crippen MR) is 159 cm³/mol. The van der Waals surface area contributed by atoms with Crippen LogP contribution in [0, 0.1) is 0 Å². The molecule has 0 aromatic carbocycles. The Morgan fingerprint density at radius 1 is 0.902 bits per heavy atom. The lowest BCUT2D eigenvalue weighted by Crippen LogP contribution is -2.70. The average Bonchev–Trinajstić information content (AvgIpc) is 3.64. The van der Waals surface area contributed by atoms with Gasteiger partial charge in [0.05, 0.1) is 32.2 Å². The van der Waals surface area contributed by atoms with E-state index in [4.69, 9.17) is 40.9 Å². The molecule has 1 saturated carbocycles. The topological polar surface area (TPSA) is 410 Å². The van der Waals surface area contributed by atoms with Gasteiger partial charge >= 0.3 is 16.4 Å².